The SMILES string of the molecule is Cc1c(-c2cc3cc(OCC(c4ccccc4)c4ccccc4)ccc3o2)oc(=O)c(C)c1O. The summed E-state index contributed by atoms with van der Waals surface area (Å²) in [5, 5.41) is 11.0. The zero-order valence-corrected chi connectivity index (χ0v) is 18.9. The lowest BCUT2D eigenvalue weighted by Crippen LogP contribution is -2.11. The first-order valence-electron chi connectivity index (χ1n) is 11.1. The van der Waals surface area contributed by atoms with Crippen LogP contribution in [0, 0.1) is 13.8 Å². The van der Waals surface area contributed by atoms with Crippen molar-refractivity contribution in [1.82, 2.24) is 0 Å². The summed E-state index contributed by atoms with van der Waals surface area (Å²) in [6.45, 7) is 3.69. The van der Waals surface area contributed by atoms with Crippen LogP contribution in [-0.2, 0) is 0 Å². The van der Waals surface area contributed by atoms with Crippen molar-refractivity contribution >= 4 is 11.0 Å². The molecule has 5 heteroatoms. The van der Waals surface area contributed by atoms with Gasteiger partial charge in [0.05, 0.1) is 12.2 Å². The van der Waals surface area contributed by atoms with Gasteiger partial charge in [-0.15, -0.1) is 0 Å². The molecular formula is C29H24O5. The van der Waals surface area contributed by atoms with E-state index in [0.29, 0.717) is 29.3 Å². The molecule has 5 rings (SSSR count). The number of furan rings is 1. The van der Waals surface area contributed by atoms with E-state index in [1.807, 2.05) is 54.6 Å². The van der Waals surface area contributed by atoms with Gasteiger partial charge in [-0.2, -0.15) is 0 Å². The number of rotatable bonds is 6. The molecule has 0 aliphatic carbocycles. The molecule has 0 amide bonds. The molecule has 3 aromatic carbocycles. The second kappa shape index (κ2) is 8.94. The summed E-state index contributed by atoms with van der Waals surface area (Å²) in [5.41, 5.74) is 3.05. The molecule has 0 bridgehead atoms. The average Bonchev–Trinajstić information content (AvgIpc) is 3.29. The second-order valence-corrected chi connectivity index (χ2v) is 8.31. The van der Waals surface area contributed by atoms with Crippen molar-refractivity contribution in [2.24, 2.45) is 0 Å². The van der Waals surface area contributed by atoms with E-state index in [9.17, 15) is 9.90 Å². The highest BCUT2D eigenvalue weighted by molar-refractivity contribution is 5.84. The minimum absolute atomic E-state index is 0.0800. The van der Waals surface area contributed by atoms with Crippen molar-refractivity contribution in [1.29, 1.82) is 0 Å². The first kappa shape index (κ1) is 21.6. The Bertz CT molecular complexity index is 1460. The third-order valence-corrected chi connectivity index (χ3v) is 6.08. The van der Waals surface area contributed by atoms with E-state index in [2.05, 4.69) is 24.3 Å². The van der Waals surface area contributed by atoms with Gasteiger partial charge in [0, 0.05) is 16.9 Å². The van der Waals surface area contributed by atoms with Crippen molar-refractivity contribution in [3.8, 4) is 23.0 Å². The number of fused-ring (bicyclic) bond motifs is 1. The van der Waals surface area contributed by atoms with Crippen LogP contribution < -0.4 is 10.4 Å². The van der Waals surface area contributed by atoms with Gasteiger partial charge in [0.25, 0.3) is 0 Å². The van der Waals surface area contributed by atoms with Crippen LogP contribution in [0.5, 0.6) is 11.5 Å². The third-order valence-electron chi connectivity index (χ3n) is 6.08. The number of benzene rings is 3. The van der Waals surface area contributed by atoms with Crippen molar-refractivity contribution in [2.45, 2.75) is 19.8 Å². The van der Waals surface area contributed by atoms with Crippen LogP contribution in [-0.4, -0.2) is 11.7 Å². The maximum absolute atomic E-state index is 12.1. The molecule has 5 aromatic rings. The molecule has 1 N–H and O–H groups in total. The van der Waals surface area contributed by atoms with E-state index in [-0.39, 0.29) is 23.0 Å². The molecule has 170 valence electrons. The number of ether oxygens (including phenoxy) is 1. The largest absolute Gasteiger partial charge is 0.507 e. The normalized spacial score (nSPS) is 11.3. The van der Waals surface area contributed by atoms with E-state index >= 15 is 0 Å². The first-order valence-corrected chi connectivity index (χ1v) is 11.1. The monoisotopic (exact) mass is 452 g/mol. The summed E-state index contributed by atoms with van der Waals surface area (Å²) >= 11 is 0. The Morgan fingerprint density at radius 2 is 1.47 bits per heavy atom. The van der Waals surface area contributed by atoms with Gasteiger partial charge in [-0.25, -0.2) is 4.79 Å². The molecule has 0 saturated carbocycles. The quantitative estimate of drug-likeness (QED) is 0.315. The van der Waals surface area contributed by atoms with E-state index in [0.717, 1.165) is 5.39 Å². The lowest BCUT2D eigenvalue weighted by Gasteiger charge is -2.19. The zero-order chi connectivity index (χ0) is 23.7. The molecule has 0 fully saturated rings. The summed E-state index contributed by atoms with van der Waals surface area (Å²) in [5.74, 6) is 1.32. The Labute approximate surface area is 196 Å². The highest BCUT2D eigenvalue weighted by Crippen LogP contribution is 2.35. The van der Waals surface area contributed by atoms with Crippen LogP contribution in [0.15, 0.2) is 98.6 Å². The standard InChI is InChI=1S/C29H24O5/c1-18-27(30)19(2)29(31)34-28(18)26-16-22-15-23(13-14-25(22)33-26)32-17-24(20-9-5-3-6-10-20)21-11-7-4-8-12-21/h3-16,24,30H,17H2,1-2H3. The molecule has 5 nitrogen and oxygen atoms in total. The van der Waals surface area contributed by atoms with Gasteiger partial charge in [-0.05, 0) is 49.2 Å². The van der Waals surface area contributed by atoms with Gasteiger partial charge in [0.15, 0.2) is 11.5 Å². The molecule has 0 radical (unpaired) electrons. The fourth-order valence-corrected chi connectivity index (χ4v) is 4.12. The Balaban J connectivity index is 1.44. The van der Waals surface area contributed by atoms with Crippen molar-refractivity contribution < 1.29 is 18.7 Å². The highest BCUT2D eigenvalue weighted by atomic mass is 16.5. The molecule has 0 spiro atoms. The molecule has 2 heterocycles. The number of hydrogen-bond donors (Lipinski definition) is 1. The van der Waals surface area contributed by atoms with Gasteiger partial charge in [0.1, 0.15) is 17.1 Å². The zero-order valence-electron chi connectivity index (χ0n) is 18.9. The molecule has 0 aliphatic heterocycles. The van der Waals surface area contributed by atoms with Crippen molar-refractivity contribution in [3.63, 3.8) is 0 Å². The topological polar surface area (TPSA) is 72.8 Å². The Morgan fingerprint density at radius 1 is 0.824 bits per heavy atom. The van der Waals surface area contributed by atoms with Crippen LogP contribution in [0.25, 0.3) is 22.5 Å². The summed E-state index contributed by atoms with van der Waals surface area (Å²) in [6, 6.07) is 28.0. The average molecular weight is 453 g/mol. The predicted molar refractivity (Wildman–Crippen MR) is 132 cm³/mol. The molecule has 0 saturated heterocycles. The molecule has 0 aliphatic rings. The van der Waals surface area contributed by atoms with Crippen molar-refractivity contribution in [2.75, 3.05) is 6.61 Å². The fraction of sp³-hybridized carbons (Fsp3) is 0.138. The van der Waals surface area contributed by atoms with Gasteiger partial charge in [0.2, 0.25) is 0 Å². The van der Waals surface area contributed by atoms with Crippen LogP contribution >= 0.6 is 0 Å². The van der Waals surface area contributed by atoms with Gasteiger partial charge < -0.3 is 18.7 Å². The smallest absolute Gasteiger partial charge is 0.343 e. The maximum Gasteiger partial charge on any atom is 0.343 e. The van der Waals surface area contributed by atoms with Crippen LogP contribution in [0.4, 0.5) is 0 Å². The van der Waals surface area contributed by atoms with Crippen LogP contribution in [0.3, 0.4) is 0 Å². The minimum Gasteiger partial charge on any atom is -0.507 e. The summed E-state index contributed by atoms with van der Waals surface area (Å²) in [4.78, 5) is 12.1. The van der Waals surface area contributed by atoms with Gasteiger partial charge >= 0.3 is 5.63 Å². The Morgan fingerprint density at radius 3 is 2.12 bits per heavy atom. The highest BCUT2D eigenvalue weighted by Gasteiger charge is 2.19. The minimum atomic E-state index is -0.588. The Hall–Kier alpha value is -4.25. The number of hydrogen-bond acceptors (Lipinski definition) is 5. The third kappa shape index (κ3) is 4.08. The summed E-state index contributed by atoms with van der Waals surface area (Å²) in [7, 11) is 0. The first-order chi connectivity index (χ1) is 16.5. The van der Waals surface area contributed by atoms with E-state index in [1.54, 1.807) is 13.0 Å². The van der Waals surface area contributed by atoms with E-state index in [4.69, 9.17) is 13.6 Å². The molecule has 0 atom stereocenters. The van der Waals surface area contributed by atoms with Gasteiger partial charge in [-0.3, -0.25) is 0 Å². The Kier molecular flexibility index (Phi) is 5.68. The lowest BCUT2D eigenvalue weighted by molar-refractivity contribution is 0.303. The predicted octanol–water partition coefficient (Wildman–Crippen LogP) is 6.59. The molecular weight excluding hydrogens is 428 g/mol. The van der Waals surface area contributed by atoms with E-state index < -0.39 is 5.63 Å². The number of aromatic hydroxyl groups is 1. The molecule has 2 aromatic heterocycles. The van der Waals surface area contributed by atoms with Crippen LogP contribution in [0.2, 0.25) is 0 Å². The maximum atomic E-state index is 12.1. The summed E-state index contributed by atoms with van der Waals surface area (Å²) < 4.78 is 17.5. The molecule has 34 heavy (non-hydrogen) atoms. The lowest BCUT2D eigenvalue weighted by atomic mass is 9.92. The molecule has 0 unspecified atom stereocenters. The van der Waals surface area contributed by atoms with Crippen molar-refractivity contribution in [3.05, 3.63) is 118 Å². The fourth-order valence-electron chi connectivity index (χ4n) is 4.12. The van der Waals surface area contributed by atoms with Gasteiger partial charge in [-0.1, -0.05) is 60.7 Å². The van der Waals surface area contributed by atoms with Crippen LogP contribution in [0.1, 0.15) is 28.2 Å². The summed E-state index contributed by atoms with van der Waals surface area (Å²) in [6.07, 6.45) is 0. The van der Waals surface area contributed by atoms with E-state index in [1.165, 1.54) is 18.1 Å². The second-order valence-electron chi connectivity index (χ2n) is 8.31.